The molecule has 2 unspecified atom stereocenters. The minimum absolute atomic E-state index is 0.207. The van der Waals surface area contributed by atoms with Gasteiger partial charge in [0.15, 0.2) is 0 Å². The quantitative estimate of drug-likeness (QED) is 0.312. The Bertz CT molecular complexity index is 425. The Balaban J connectivity index is 1.95. The number of hydrogen-bond donors (Lipinski definition) is 0. The van der Waals surface area contributed by atoms with Gasteiger partial charge in [-0.3, -0.25) is 9.59 Å². The van der Waals surface area contributed by atoms with Crippen molar-refractivity contribution >= 4 is 34.3 Å². The highest BCUT2D eigenvalue weighted by Gasteiger charge is 2.61. The zero-order valence-corrected chi connectivity index (χ0v) is 12.6. The summed E-state index contributed by atoms with van der Waals surface area (Å²) in [6, 6.07) is 0. The van der Waals surface area contributed by atoms with E-state index >= 15 is 0 Å². The maximum absolute atomic E-state index is 12.0. The van der Waals surface area contributed by atoms with Gasteiger partial charge in [-0.25, -0.2) is 0 Å². The van der Waals surface area contributed by atoms with Crippen molar-refractivity contribution in [1.29, 1.82) is 0 Å². The number of methoxy groups -OCH3 is 1. The third-order valence-electron chi connectivity index (χ3n) is 4.88. The highest BCUT2D eigenvalue weighted by Crippen LogP contribution is 2.66. The molecule has 0 amide bonds. The van der Waals surface area contributed by atoms with Gasteiger partial charge in [0, 0.05) is 16.8 Å². The first kappa shape index (κ1) is 12.6. The topological polar surface area (TPSA) is 43.4 Å². The summed E-state index contributed by atoms with van der Waals surface area (Å²) in [6.45, 7) is 0. The molecule has 0 aromatic rings. The highest BCUT2D eigenvalue weighted by molar-refractivity contribution is 14.1. The van der Waals surface area contributed by atoms with Gasteiger partial charge in [-0.1, -0.05) is 34.7 Å². The zero-order chi connectivity index (χ0) is 12.9. The molecule has 0 heterocycles. The van der Waals surface area contributed by atoms with Gasteiger partial charge >= 0.3 is 5.97 Å². The van der Waals surface area contributed by atoms with Crippen molar-refractivity contribution in [3.8, 4) is 0 Å². The van der Waals surface area contributed by atoms with Crippen LogP contribution in [-0.2, 0) is 14.3 Å². The monoisotopic (exact) mass is 360 g/mol. The van der Waals surface area contributed by atoms with Crippen LogP contribution in [0.1, 0.15) is 25.7 Å². The summed E-state index contributed by atoms with van der Waals surface area (Å²) in [5.41, 5.74) is 0.269. The molecule has 3 rings (SSSR count). The highest BCUT2D eigenvalue weighted by atomic mass is 127. The number of halogens is 1. The summed E-state index contributed by atoms with van der Waals surface area (Å²) in [6.07, 6.45) is 7.77. The molecule has 3 nitrogen and oxygen atoms in total. The van der Waals surface area contributed by atoms with Gasteiger partial charge in [0.05, 0.1) is 13.0 Å². The molecule has 0 N–H and O–H groups in total. The van der Waals surface area contributed by atoms with Crippen molar-refractivity contribution in [3.63, 3.8) is 0 Å². The first-order valence-corrected chi connectivity index (χ1v) is 7.75. The van der Waals surface area contributed by atoms with Crippen LogP contribution in [-0.4, -0.2) is 22.8 Å². The molecule has 0 radical (unpaired) electrons. The van der Waals surface area contributed by atoms with Gasteiger partial charge in [-0.15, -0.1) is 0 Å². The lowest BCUT2D eigenvalue weighted by Crippen LogP contribution is -2.38. The predicted octanol–water partition coefficient (Wildman–Crippen LogP) is 2.52. The Morgan fingerprint density at radius 3 is 2.61 bits per heavy atom. The lowest BCUT2D eigenvalue weighted by molar-refractivity contribution is -0.150. The van der Waals surface area contributed by atoms with Crippen molar-refractivity contribution < 1.29 is 14.3 Å². The molecule has 2 bridgehead atoms. The fourth-order valence-corrected chi connectivity index (χ4v) is 5.30. The SMILES string of the molecule is COC(=O)[C@H]1CC(=O)C[C@H](I)C2C=CC1C21CC1. The lowest BCUT2D eigenvalue weighted by Gasteiger charge is -2.34. The van der Waals surface area contributed by atoms with Gasteiger partial charge in [0.2, 0.25) is 0 Å². The van der Waals surface area contributed by atoms with Crippen LogP contribution in [0.15, 0.2) is 12.2 Å². The van der Waals surface area contributed by atoms with Crippen LogP contribution < -0.4 is 0 Å². The second-order valence-corrected chi connectivity index (χ2v) is 7.36. The van der Waals surface area contributed by atoms with Crippen LogP contribution in [0.25, 0.3) is 0 Å². The molecule has 0 aromatic carbocycles. The molecule has 2 fully saturated rings. The van der Waals surface area contributed by atoms with Gasteiger partial charge < -0.3 is 4.74 Å². The van der Waals surface area contributed by atoms with Crippen molar-refractivity contribution in [3.05, 3.63) is 12.2 Å². The Morgan fingerprint density at radius 1 is 1.33 bits per heavy atom. The number of ether oxygens (including phenoxy) is 1. The van der Waals surface area contributed by atoms with E-state index in [4.69, 9.17) is 4.74 Å². The number of esters is 1. The number of carbonyl (C=O) groups excluding carboxylic acids is 2. The van der Waals surface area contributed by atoms with E-state index in [9.17, 15) is 9.59 Å². The largest absolute Gasteiger partial charge is 0.469 e. The molecule has 1 spiro atoms. The molecule has 4 heteroatoms. The molecule has 18 heavy (non-hydrogen) atoms. The lowest BCUT2D eigenvalue weighted by atomic mass is 9.71. The van der Waals surface area contributed by atoms with Gasteiger partial charge in [-0.2, -0.15) is 0 Å². The summed E-state index contributed by atoms with van der Waals surface area (Å²) in [5.74, 6) is 0.432. The number of carbonyl (C=O) groups is 2. The van der Waals surface area contributed by atoms with E-state index in [0.29, 0.717) is 22.7 Å². The molecule has 98 valence electrons. The van der Waals surface area contributed by atoms with E-state index in [1.807, 2.05) is 0 Å². The smallest absolute Gasteiger partial charge is 0.309 e. The minimum atomic E-state index is -0.254. The summed E-state index contributed by atoms with van der Waals surface area (Å²) >= 11 is 2.41. The predicted molar refractivity (Wildman–Crippen MR) is 75.3 cm³/mol. The fourth-order valence-electron chi connectivity index (χ4n) is 3.85. The van der Waals surface area contributed by atoms with Gasteiger partial charge in [-0.05, 0) is 30.1 Å². The standard InChI is InChI=1S/C14H17IO3/c1-18-13(17)9-6-8(16)7-12(15)11-3-2-10(9)14(11)4-5-14/h2-3,9-12H,4-7H2,1H3/t9-,10?,11?,12-/m0/s1. The Morgan fingerprint density at radius 2 is 2.00 bits per heavy atom. The molecule has 0 saturated heterocycles. The molecule has 2 saturated carbocycles. The van der Waals surface area contributed by atoms with Gasteiger partial charge in [0.25, 0.3) is 0 Å². The molecule has 3 aliphatic rings. The van der Waals surface area contributed by atoms with E-state index in [1.54, 1.807) is 0 Å². The minimum Gasteiger partial charge on any atom is -0.469 e. The van der Waals surface area contributed by atoms with E-state index < -0.39 is 0 Å². The second kappa shape index (κ2) is 4.32. The first-order valence-electron chi connectivity index (χ1n) is 6.50. The van der Waals surface area contributed by atoms with Crippen LogP contribution in [0.3, 0.4) is 0 Å². The fraction of sp³-hybridized carbons (Fsp3) is 0.714. The third kappa shape index (κ3) is 1.75. The van der Waals surface area contributed by atoms with Crippen molar-refractivity contribution in [2.45, 2.75) is 29.6 Å². The van der Waals surface area contributed by atoms with Crippen LogP contribution in [0.2, 0.25) is 0 Å². The van der Waals surface area contributed by atoms with Crippen molar-refractivity contribution in [2.24, 2.45) is 23.2 Å². The van der Waals surface area contributed by atoms with Crippen LogP contribution in [0.4, 0.5) is 0 Å². The Kier molecular flexibility index (Phi) is 3.03. The van der Waals surface area contributed by atoms with E-state index in [1.165, 1.54) is 20.0 Å². The number of allylic oxidation sites excluding steroid dienone is 2. The maximum atomic E-state index is 12.0. The molecular formula is C14H17IO3. The number of Topliss-reactive ketones (excluding diaryl/α,β-unsaturated/α-hetero) is 1. The Hall–Kier alpha value is -0.390. The molecule has 4 atom stereocenters. The normalized spacial score (nSPS) is 40.4. The number of rotatable bonds is 1. The van der Waals surface area contributed by atoms with E-state index in [-0.39, 0.29) is 29.0 Å². The van der Waals surface area contributed by atoms with Crippen LogP contribution >= 0.6 is 22.6 Å². The van der Waals surface area contributed by atoms with Gasteiger partial charge in [0.1, 0.15) is 5.78 Å². The first-order chi connectivity index (χ1) is 8.58. The van der Waals surface area contributed by atoms with Crippen LogP contribution in [0, 0.1) is 23.2 Å². The van der Waals surface area contributed by atoms with Crippen LogP contribution in [0.5, 0.6) is 0 Å². The average molecular weight is 360 g/mol. The third-order valence-corrected chi connectivity index (χ3v) is 6.09. The molecule has 3 aliphatic carbocycles. The average Bonchev–Trinajstić information content (AvgIpc) is 3.00. The Labute approximate surface area is 120 Å². The maximum Gasteiger partial charge on any atom is 0.309 e. The molecule has 0 aromatic heterocycles. The number of ketones is 1. The van der Waals surface area contributed by atoms with Crippen molar-refractivity contribution in [1.82, 2.24) is 0 Å². The van der Waals surface area contributed by atoms with E-state index in [0.717, 1.165) is 0 Å². The summed E-state index contributed by atoms with van der Waals surface area (Å²) in [7, 11) is 1.42. The zero-order valence-electron chi connectivity index (χ0n) is 10.4. The summed E-state index contributed by atoms with van der Waals surface area (Å²) < 4.78 is 5.29. The van der Waals surface area contributed by atoms with Crippen molar-refractivity contribution in [2.75, 3.05) is 7.11 Å². The summed E-state index contributed by atoms with van der Waals surface area (Å²) in [5, 5.41) is 0. The second-order valence-electron chi connectivity index (χ2n) is 5.76. The van der Waals surface area contributed by atoms with E-state index in [2.05, 4.69) is 34.7 Å². The number of hydrogen-bond acceptors (Lipinski definition) is 3. The molecule has 0 aliphatic heterocycles. The number of alkyl halides is 1. The summed E-state index contributed by atoms with van der Waals surface area (Å²) in [4.78, 5) is 23.9. The molecular weight excluding hydrogens is 343 g/mol.